The number of hydrogen-bond donors (Lipinski definition) is 1. The highest BCUT2D eigenvalue weighted by atomic mass is 16.5. The third-order valence-electron chi connectivity index (χ3n) is 4.49. The van der Waals surface area contributed by atoms with Gasteiger partial charge in [0, 0.05) is 24.5 Å². The van der Waals surface area contributed by atoms with Crippen LogP contribution in [-0.2, 0) is 0 Å². The summed E-state index contributed by atoms with van der Waals surface area (Å²) in [5.41, 5.74) is 0.506. The number of hydrogen-bond acceptors (Lipinski definition) is 6. The average Bonchev–Trinajstić information content (AvgIpc) is 2.69. The Morgan fingerprint density at radius 3 is 2.58 bits per heavy atom. The summed E-state index contributed by atoms with van der Waals surface area (Å²) < 4.78 is 16.3. The smallest absolute Gasteiger partial charge is 0.255 e. The predicted molar refractivity (Wildman–Crippen MR) is 95.7 cm³/mol. The molecule has 1 aliphatic rings. The van der Waals surface area contributed by atoms with E-state index in [0.29, 0.717) is 22.9 Å². The zero-order valence-corrected chi connectivity index (χ0v) is 15.0. The fourth-order valence-electron chi connectivity index (χ4n) is 3.09. The second-order valence-electron chi connectivity index (χ2n) is 6.17. The number of carbonyl (C=O) groups excluding carboxylic acids is 1. The number of ether oxygens (including phenoxy) is 3. The largest absolute Gasteiger partial charge is 0.497 e. The highest BCUT2D eigenvalue weighted by Gasteiger charge is 2.25. The van der Waals surface area contributed by atoms with E-state index in [4.69, 9.17) is 14.2 Å². The van der Waals surface area contributed by atoms with Crippen molar-refractivity contribution in [3.63, 3.8) is 0 Å². The van der Waals surface area contributed by atoms with Crippen molar-refractivity contribution in [1.82, 2.24) is 15.3 Å². The summed E-state index contributed by atoms with van der Waals surface area (Å²) in [6.07, 6.45) is 8.39. The first-order valence-electron chi connectivity index (χ1n) is 8.65. The van der Waals surface area contributed by atoms with Gasteiger partial charge in [0.15, 0.2) is 0 Å². The standard InChI is InChI=1S/C19H23N3O4/c1-24-15-7-8-16(17(11-15)25-2)19(23)22-13-3-5-14(6-4-13)26-18-12-20-9-10-21-18/h7-14H,3-6H2,1-2H3,(H,22,23). The van der Waals surface area contributed by atoms with E-state index >= 15 is 0 Å². The lowest BCUT2D eigenvalue weighted by atomic mass is 9.92. The molecule has 1 fully saturated rings. The van der Waals surface area contributed by atoms with Crippen molar-refractivity contribution >= 4 is 5.91 Å². The van der Waals surface area contributed by atoms with Gasteiger partial charge in [-0.15, -0.1) is 0 Å². The first kappa shape index (κ1) is 18.0. The molecular weight excluding hydrogens is 334 g/mol. The predicted octanol–water partition coefficient (Wildman–Crippen LogP) is 2.61. The third kappa shape index (κ3) is 4.41. The van der Waals surface area contributed by atoms with Crippen LogP contribution in [0.25, 0.3) is 0 Å². The Morgan fingerprint density at radius 1 is 1.12 bits per heavy atom. The minimum Gasteiger partial charge on any atom is -0.497 e. The molecule has 3 rings (SSSR count). The third-order valence-corrected chi connectivity index (χ3v) is 4.49. The normalized spacial score (nSPS) is 19.5. The van der Waals surface area contributed by atoms with E-state index < -0.39 is 0 Å². The fourth-order valence-corrected chi connectivity index (χ4v) is 3.09. The summed E-state index contributed by atoms with van der Waals surface area (Å²) >= 11 is 0. The van der Waals surface area contributed by atoms with E-state index in [1.165, 1.54) is 0 Å². The Balaban J connectivity index is 1.53. The Labute approximate surface area is 152 Å². The summed E-state index contributed by atoms with van der Waals surface area (Å²) in [7, 11) is 3.12. The average molecular weight is 357 g/mol. The van der Waals surface area contributed by atoms with E-state index in [1.807, 2.05) is 0 Å². The van der Waals surface area contributed by atoms with Crippen molar-refractivity contribution in [2.75, 3.05) is 14.2 Å². The van der Waals surface area contributed by atoms with Gasteiger partial charge in [-0.2, -0.15) is 0 Å². The van der Waals surface area contributed by atoms with Gasteiger partial charge in [-0.05, 0) is 37.8 Å². The molecule has 7 heteroatoms. The lowest BCUT2D eigenvalue weighted by Crippen LogP contribution is -2.39. The van der Waals surface area contributed by atoms with Crippen LogP contribution >= 0.6 is 0 Å². The van der Waals surface area contributed by atoms with Crippen LogP contribution in [0.3, 0.4) is 0 Å². The Bertz CT molecular complexity index is 731. The van der Waals surface area contributed by atoms with Gasteiger partial charge in [0.05, 0.1) is 26.0 Å². The Hall–Kier alpha value is -2.83. The molecule has 26 heavy (non-hydrogen) atoms. The van der Waals surface area contributed by atoms with Crippen LogP contribution in [0.1, 0.15) is 36.0 Å². The van der Waals surface area contributed by atoms with Gasteiger partial charge in [-0.1, -0.05) is 0 Å². The number of rotatable bonds is 6. The zero-order chi connectivity index (χ0) is 18.4. The van der Waals surface area contributed by atoms with Crippen LogP contribution in [0.15, 0.2) is 36.8 Å². The van der Waals surface area contributed by atoms with Crippen molar-refractivity contribution in [3.05, 3.63) is 42.4 Å². The summed E-state index contributed by atoms with van der Waals surface area (Å²) in [6.45, 7) is 0. The van der Waals surface area contributed by atoms with Gasteiger partial charge < -0.3 is 19.5 Å². The van der Waals surface area contributed by atoms with E-state index in [-0.39, 0.29) is 18.1 Å². The van der Waals surface area contributed by atoms with Crippen molar-refractivity contribution in [2.24, 2.45) is 0 Å². The van der Waals surface area contributed by atoms with Crippen molar-refractivity contribution in [2.45, 2.75) is 37.8 Å². The minimum absolute atomic E-state index is 0.107. The maximum Gasteiger partial charge on any atom is 0.255 e. The van der Waals surface area contributed by atoms with Crippen molar-refractivity contribution in [3.8, 4) is 17.4 Å². The lowest BCUT2D eigenvalue weighted by Gasteiger charge is -2.29. The van der Waals surface area contributed by atoms with Crippen LogP contribution in [0.4, 0.5) is 0 Å². The molecule has 0 radical (unpaired) electrons. The van der Waals surface area contributed by atoms with Gasteiger partial charge in [0.1, 0.15) is 17.6 Å². The molecular formula is C19H23N3O4. The summed E-state index contributed by atoms with van der Waals surface area (Å²) in [6, 6.07) is 5.30. The number of amides is 1. The van der Waals surface area contributed by atoms with Crippen molar-refractivity contribution in [1.29, 1.82) is 0 Å². The van der Waals surface area contributed by atoms with Crippen LogP contribution < -0.4 is 19.5 Å². The molecule has 1 aromatic carbocycles. The van der Waals surface area contributed by atoms with Crippen LogP contribution in [-0.4, -0.2) is 42.2 Å². The van der Waals surface area contributed by atoms with E-state index in [9.17, 15) is 4.79 Å². The van der Waals surface area contributed by atoms with Gasteiger partial charge in [-0.3, -0.25) is 9.78 Å². The SMILES string of the molecule is COc1ccc(C(=O)NC2CCC(Oc3cnccn3)CC2)c(OC)c1. The minimum atomic E-state index is -0.136. The zero-order valence-electron chi connectivity index (χ0n) is 15.0. The fraction of sp³-hybridized carbons (Fsp3) is 0.421. The highest BCUT2D eigenvalue weighted by Crippen LogP contribution is 2.26. The van der Waals surface area contributed by atoms with Crippen molar-refractivity contribution < 1.29 is 19.0 Å². The maximum absolute atomic E-state index is 12.6. The Kier molecular flexibility index (Phi) is 5.88. The van der Waals surface area contributed by atoms with Crippen LogP contribution in [0.2, 0.25) is 0 Å². The van der Waals surface area contributed by atoms with Crippen LogP contribution in [0, 0.1) is 0 Å². The molecule has 138 valence electrons. The quantitative estimate of drug-likeness (QED) is 0.856. The Morgan fingerprint density at radius 2 is 1.92 bits per heavy atom. The molecule has 1 N–H and O–H groups in total. The van der Waals surface area contributed by atoms with E-state index in [0.717, 1.165) is 25.7 Å². The molecule has 1 aromatic heterocycles. The summed E-state index contributed by atoms with van der Waals surface area (Å²) in [4.78, 5) is 20.7. The molecule has 0 saturated heterocycles. The first-order chi connectivity index (χ1) is 12.7. The molecule has 0 atom stereocenters. The molecule has 1 heterocycles. The number of nitrogens with one attached hydrogen (secondary N) is 1. The second-order valence-corrected chi connectivity index (χ2v) is 6.17. The molecule has 1 saturated carbocycles. The molecule has 1 amide bonds. The van der Waals surface area contributed by atoms with Gasteiger partial charge in [-0.25, -0.2) is 4.98 Å². The topological polar surface area (TPSA) is 82.6 Å². The molecule has 7 nitrogen and oxygen atoms in total. The van der Waals surface area contributed by atoms with Gasteiger partial charge in [0.2, 0.25) is 5.88 Å². The molecule has 0 spiro atoms. The number of carbonyl (C=O) groups is 1. The highest BCUT2D eigenvalue weighted by molar-refractivity contribution is 5.97. The van der Waals surface area contributed by atoms with Gasteiger partial charge >= 0.3 is 0 Å². The maximum atomic E-state index is 12.6. The van der Waals surface area contributed by atoms with E-state index in [2.05, 4.69) is 15.3 Å². The monoisotopic (exact) mass is 357 g/mol. The number of nitrogens with zero attached hydrogens (tertiary/aromatic N) is 2. The molecule has 0 aliphatic heterocycles. The second kappa shape index (κ2) is 8.51. The summed E-state index contributed by atoms with van der Waals surface area (Å²) in [5.74, 6) is 1.56. The number of methoxy groups -OCH3 is 2. The number of benzene rings is 1. The van der Waals surface area contributed by atoms with Gasteiger partial charge in [0.25, 0.3) is 5.91 Å². The first-order valence-corrected chi connectivity index (χ1v) is 8.65. The number of aromatic nitrogens is 2. The molecule has 0 unspecified atom stereocenters. The van der Waals surface area contributed by atoms with Crippen LogP contribution in [0.5, 0.6) is 17.4 Å². The molecule has 0 bridgehead atoms. The molecule has 1 aliphatic carbocycles. The van der Waals surface area contributed by atoms with E-state index in [1.54, 1.807) is 51.0 Å². The molecule has 2 aromatic rings. The lowest BCUT2D eigenvalue weighted by molar-refractivity contribution is 0.0887. The summed E-state index contributed by atoms with van der Waals surface area (Å²) in [5, 5.41) is 3.09.